The normalized spacial score (nSPS) is 10.8. The first-order valence-electron chi connectivity index (χ1n) is 5.73. The lowest BCUT2D eigenvalue weighted by Crippen LogP contribution is -1.97. The van der Waals surface area contributed by atoms with Crippen LogP contribution in [0.25, 0.3) is 0 Å². The molecule has 0 aliphatic rings. The second-order valence-corrected chi connectivity index (χ2v) is 5.14. The second-order valence-electron chi connectivity index (χ2n) is 4.38. The van der Waals surface area contributed by atoms with Crippen molar-refractivity contribution in [1.82, 2.24) is 10.2 Å². The Hall–Kier alpha value is -1.52. The molecule has 2 N–H and O–H groups in total. The van der Waals surface area contributed by atoms with Gasteiger partial charge in [0.15, 0.2) is 5.15 Å². The van der Waals surface area contributed by atoms with Gasteiger partial charge >= 0.3 is 0 Å². The van der Waals surface area contributed by atoms with E-state index in [9.17, 15) is 0 Å². The summed E-state index contributed by atoms with van der Waals surface area (Å²) in [5.41, 5.74) is 7.06. The molecule has 0 aliphatic heterocycles. The lowest BCUT2D eigenvalue weighted by Gasteiger charge is -2.10. The van der Waals surface area contributed by atoms with Gasteiger partial charge in [0.2, 0.25) is 5.88 Å². The monoisotopic (exact) mass is 297 g/mol. The van der Waals surface area contributed by atoms with E-state index in [1.54, 1.807) is 24.3 Å². The third-order valence-electron chi connectivity index (χ3n) is 2.55. The third-order valence-corrected chi connectivity index (χ3v) is 3.14. The summed E-state index contributed by atoms with van der Waals surface area (Å²) in [5.74, 6) is 1.05. The van der Waals surface area contributed by atoms with Crippen LogP contribution in [0.1, 0.15) is 25.3 Å². The molecule has 100 valence electrons. The average molecular weight is 298 g/mol. The molecule has 0 unspecified atom stereocenters. The van der Waals surface area contributed by atoms with E-state index in [1.165, 1.54) is 0 Å². The number of halogens is 2. The summed E-state index contributed by atoms with van der Waals surface area (Å²) in [6, 6.07) is 6.76. The Morgan fingerprint density at radius 3 is 2.53 bits per heavy atom. The zero-order chi connectivity index (χ0) is 14.0. The quantitative estimate of drug-likeness (QED) is 0.859. The van der Waals surface area contributed by atoms with E-state index in [4.69, 9.17) is 33.7 Å². The van der Waals surface area contributed by atoms with Crippen LogP contribution in [0, 0.1) is 0 Å². The van der Waals surface area contributed by atoms with E-state index < -0.39 is 0 Å². The van der Waals surface area contributed by atoms with E-state index in [0.717, 1.165) is 5.56 Å². The minimum absolute atomic E-state index is 0.229. The van der Waals surface area contributed by atoms with Crippen molar-refractivity contribution in [3.63, 3.8) is 0 Å². The molecule has 1 aromatic carbocycles. The number of rotatable bonds is 3. The van der Waals surface area contributed by atoms with Gasteiger partial charge in [-0.05, 0) is 29.7 Å². The number of nitrogen functional groups attached to an aromatic ring is 1. The molecule has 1 aromatic heterocycles. The van der Waals surface area contributed by atoms with Gasteiger partial charge in [-0.2, -0.15) is 0 Å². The van der Waals surface area contributed by atoms with Crippen LogP contribution in [-0.2, 0) is 0 Å². The molecule has 0 aliphatic carbocycles. The minimum Gasteiger partial charge on any atom is -0.436 e. The number of anilines is 1. The largest absolute Gasteiger partial charge is 0.436 e. The molecular weight excluding hydrogens is 285 g/mol. The Labute approximate surface area is 121 Å². The van der Waals surface area contributed by atoms with Gasteiger partial charge in [0.1, 0.15) is 5.75 Å². The Balaban J connectivity index is 2.31. The molecule has 1 heterocycles. The van der Waals surface area contributed by atoms with Crippen molar-refractivity contribution < 1.29 is 4.74 Å². The Morgan fingerprint density at radius 2 is 1.89 bits per heavy atom. The van der Waals surface area contributed by atoms with E-state index in [0.29, 0.717) is 27.5 Å². The maximum absolute atomic E-state index is 6.03. The summed E-state index contributed by atoms with van der Waals surface area (Å²) in [6.07, 6.45) is 0. The van der Waals surface area contributed by atoms with Crippen LogP contribution >= 0.6 is 23.2 Å². The number of ether oxygens (including phenoxy) is 1. The van der Waals surface area contributed by atoms with E-state index in [-0.39, 0.29) is 5.92 Å². The summed E-state index contributed by atoms with van der Waals surface area (Å²) in [7, 11) is 0. The van der Waals surface area contributed by atoms with Gasteiger partial charge in [0.25, 0.3) is 0 Å². The highest BCUT2D eigenvalue weighted by molar-refractivity contribution is 6.32. The Bertz CT molecular complexity index is 602. The molecule has 0 saturated carbocycles. The van der Waals surface area contributed by atoms with Crippen molar-refractivity contribution in [2.75, 3.05) is 5.73 Å². The number of nitrogens with zero attached hydrogens (tertiary/aromatic N) is 2. The molecule has 2 aromatic rings. The van der Waals surface area contributed by atoms with Gasteiger partial charge in [-0.25, -0.2) is 0 Å². The third kappa shape index (κ3) is 3.28. The highest BCUT2D eigenvalue weighted by Gasteiger charge is 2.11. The maximum Gasteiger partial charge on any atom is 0.239 e. The fraction of sp³-hybridized carbons (Fsp3) is 0.231. The van der Waals surface area contributed by atoms with Crippen LogP contribution in [0.3, 0.4) is 0 Å². The van der Waals surface area contributed by atoms with Crippen molar-refractivity contribution in [1.29, 1.82) is 0 Å². The van der Waals surface area contributed by atoms with Crippen LogP contribution in [0.4, 0.5) is 5.69 Å². The smallest absolute Gasteiger partial charge is 0.239 e. The van der Waals surface area contributed by atoms with Crippen molar-refractivity contribution in [2.45, 2.75) is 19.8 Å². The predicted octanol–water partition coefficient (Wildman–Crippen LogP) is 4.28. The summed E-state index contributed by atoms with van der Waals surface area (Å²) in [6.45, 7) is 4.03. The number of benzene rings is 1. The fourth-order valence-corrected chi connectivity index (χ4v) is 2.08. The second kappa shape index (κ2) is 5.63. The van der Waals surface area contributed by atoms with E-state index in [1.807, 2.05) is 13.8 Å². The lowest BCUT2D eigenvalue weighted by atomic mass is 10.1. The fourth-order valence-electron chi connectivity index (χ4n) is 1.54. The molecule has 0 amide bonds. The van der Waals surface area contributed by atoms with Crippen LogP contribution < -0.4 is 10.5 Å². The van der Waals surface area contributed by atoms with Crippen molar-refractivity contribution in [3.05, 3.63) is 40.0 Å². The van der Waals surface area contributed by atoms with Crippen molar-refractivity contribution >= 4 is 28.9 Å². The molecule has 0 radical (unpaired) electrons. The Kier molecular flexibility index (Phi) is 4.12. The van der Waals surface area contributed by atoms with Crippen LogP contribution in [0.5, 0.6) is 11.6 Å². The zero-order valence-corrected chi connectivity index (χ0v) is 12.0. The molecule has 0 fully saturated rings. The van der Waals surface area contributed by atoms with Crippen LogP contribution in [0.15, 0.2) is 24.3 Å². The maximum atomic E-state index is 6.03. The minimum atomic E-state index is 0.229. The molecule has 0 atom stereocenters. The number of nitrogens with two attached hydrogens (primary N) is 1. The van der Waals surface area contributed by atoms with Gasteiger partial charge in [-0.1, -0.05) is 37.0 Å². The molecule has 0 spiro atoms. The zero-order valence-electron chi connectivity index (χ0n) is 10.5. The average Bonchev–Trinajstić information content (AvgIpc) is 2.34. The summed E-state index contributed by atoms with van der Waals surface area (Å²) >= 11 is 12.0. The van der Waals surface area contributed by atoms with Crippen LogP contribution in [-0.4, -0.2) is 10.2 Å². The number of hydrogen-bond acceptors (Lipinski definition) is 4. The lowest BCUT2D eigenvalue weighted by molar-refractivity contribution is 0.454. The van der Waals surface area contributed by atoms with E-state index >= 15 is 0 Å². The van der Waals surface area contributed by atoms with E-state index in [2.05, 4.69) is 10.2 Å². The predicted molar refractivity (Wildman–Crippen MR) is 77.1 cm³/mol. The SMILES string of the molecule is CC(C)c1cc(Oc2ccc(N)cc2Cl)nnc1Cl. The molecule has 2 rings (SSSR count). The van der Waals surface area contributed by atoms with Gasteiger partial charge in [-0.15, -0.1) is 10.2 Å². The Morgan fingerprint density at radius 1 is 1.16 bits per heavy atom. The molecular formula is C13H13Cl2N3O. The summed E-state index contributed by atoms with van der Waals surface area (Å²) < 4.78 is 5.59. The first-order chi connectivity index (χ1) is 8.97. The van der Waals surface area contributed by atoms with Gasteiger partial charge in [0, 0.05) is 11.8 Å². The first-order valence-corrected chi connectivity index (χ1v) is 6.49. The van der Waals surface area contributed by atoms with Crippen LogP contribution in [0.2, 0.25) is 10.2 Å². The summed E-state index contributed by atoms with van der Waals surface area (Å²) in [5, 5.41) is 8.55. The standard InChI is InChI=1S/C13H13Cl2N3O/c1-7(2)9-6-12(17-18-13(9)15)19-11-4-3-8(16)5-10(11)14/h3-7H,16H2,1-2H3. The van der Waals surface area contributed by atoms with Crippen molar-refractivity contribution in [2.24, 2.45) is 0 Å². The van der Waals surface area contributed by atoms with Crippen molar-refractivity contribution in [3.8, 4) is 11.6 Å². The molecule has 6 heteroatoms. The highest BCUT2D eigenvalue weighted by atomic mass is 35.5. The van der Waals surface area contributed by atoms with Gasteiger partial charge in [0.05, 0.1) is 5.02 Å². The highest BCUT2D eigenvalue weighted by Crippen LogP contribution is 2.31. The number of hydrogen-bond donors (Lipinski definition) is 1. The number of aromatic nitrogens is 2. The topological polar surface area (TPSA) is 61.0 Å². The summed E-state index contributed by atoms with van der Waals surface area (Å²) in [4.78, 5) is 0. The first kappa shape index (κ1) is 13.9. The molecule has 0 bridgehead atoms. The molecule has 4 nitrogen and oxygen atoms in total. The molecule has 0 saturated heterocycles. The molecule has 19 heavy (non-hydrogen) atoms. The van der Waals surface area contributed by atoms with Gasteiger partial charge in [-0.3, -0.25) is 0 Å². The van der Waals surface area contributed by atoms with Gasteiger partial charge < -0.3 is 10.5 Å².